The Bertz CT molecular complexity index is 753. The number of benzene rings is 2. The first-order chi connectivity index (χ1) is 12.5. The maximum atomic E-state index is 11.7. The molecule has 0 bridgehead atoms. The number of rotatable bonds is 6. The third kappa shape index (κ3) is 6.47. The molecule has 26 heavy (non-hydrogen) atoms. The highest BCUT2D eigenvalue weighted by Crippen LogP contribution is 2.12. The van der Waals surface area contributed by atoms with Crippen LogP contribution < -0.4 is 21.7 Å². The summed E-state index contributed by atoms with van der Waals surface area (Å²) in [6.07, 6.45) is 0.974. The van der Waals surface area contributed by atoms with Crippen molar-refractivity contribution in [2.75, 3.05) is 10.6 Å². The second-order valence-corrected chi connectivity index (χ2v) is 6.33. The summed E-state index contributed by atoms with van der Waals surface area (Å²) in [6, 6.07) is 15.5. The van der Waals surface area contributed by atoms with Gasteiger partial charge in [0.05, 0.1) is 6.54 Å². The highest BCUT2D eigenvalue weighted by atomic mass is 16.2. The van der Waals surface area contributed by atoms with Gasteiger partial charge in [-0.2, -0.15) is 0 Å². The molecule has 6 nitrogen and oxygen atoms in total. The highest BCUT2D eigenvalue weighted by molar-refractivity contribution is 5.92. The van der Waals surface area contributed by atoms with Crippen LogP contribution in [-0.4, -0.2) is 18.0 Å². The molecule has 0 aliphatic heterocycles. The Morgan fingerprint density at radius 2 is 1.77 bits per heavy atom. The molecule has 0 aliphatic carbocycles. The largest absolute Gasteiger partial charge is 0.370 e. The van der Waals surface area contributed by atoms with Crippen molar-refractivity contribution in [2.45, 2.75) is 39.8 Å². The van der Waals surface area contributed by atoms with Crippen molar-refractivity contribution in [2.24, 2.45) is 10.7 Å². The molecule has 6 heteroatoms. The number of hydrogen-bond acceptors (Lipinski definition) is 2. The molecule has 0 heterocycles. The van der Waals surface area contributed by atoms with Gasteiger partial charge >= 0.3 is 6.03 Å². The van der Waals surface area contributed by atoms with Gasteiger partial charge < -0.3 is 21.7 Å². The minimum atomic E-state index is -0.214. The summed E-state index contributed by atoms with van der Waals surface area (Å²) in [6.45, 7) is 6.40. The molecule has 0 aliphatic rings. The van der Waals surface area contributed by atoms with E-state index >= 15 is 0 Å². The van der Waals surface area contributed by atoms with Crippen LogP contribution in [0, 0.1) is 0 Å². The summed E-state index contributed by atoms with van der Waals surface area (Å²) < 4.78 is 0. The lowest BCUT2D eigenvalue weighted by atomic mass is 10.1. The summed E-state index contributed by atoms with van der Waals surface area (Å²) in [5, 5.41) is 8.67. The first kappa shape index (κ1) is 19.3. The summed E-state index contributed by atoms with van der Waals surface area (Å²) in [5.41, 5.74) is 9.88. The fourth-order valence-corrected chi connectivity index (χ4v) is 2.36. The number of amides is 2. The van der Waals surface area contributed by atoms with Gasteiger partial charge in [-0.1, -0.05) is 31.2 Å². The van der Waals surface area contributed by atoms with Crippen LogP contribution in [-0.2, 0) is 13.0 Å². The van der Waals surface area contributed by atoms with Gasteiger partial charge in [-0.05, 0) is 55.7 Å². The normalized spacial score (nSPS) is 11.3. The molecule has 5 N–H and O–H groups in total. The number of nitrogens with one attached hydrogen (secondary N) is 3. The zero-order valence-electron chi connectivity index (χ0n) is 15.5. The molecule has 0 saturated heterocycles. The molecule has 2 rings (SSSR count). The molecule has 0 aromatic heterocycles. The third-order valence-corrected chi connectivity index (χ3v) is 3.67. The van der Waals surface area contributed by atoms with Crippen molar-refractivity contribution >= 4 is 23.4 Å². The van der Waals surface area contributed by atoms with Crippen LogP contribution in [0.5, 0.6) is 0 Å². The maximum absolute atomic E-state index is 11.7. The number of nitrogens with two attached hydrogens (primary N) is 1. The number of nitrogens with zero attached hydrogens (tertiary/aromatic N) is 1. The van der Waals surface area contributed by atoms with Gasteiger partial charge in [0.25, 0.3) is 0 Å². The van der Waals surface area contributed by atoms with Gasteiger partial charge in [-0.25, -0.2) is 9.79 Å². The molecule has 0 unspecified atom stereocenters. The molecular formula is C20H27N5O. The Morgan fingerprint density at radius 1 is 1.04 bits per heavy atom. The van der Waals surface area contributed by atoms with Crippen molar-refractivity contribution in [3.63, 3.8) is 0 Å². The van der Waals surface area contributed by atoms with E-state index in [-0.39, 0.29) is 12.1 Å². The van der Waals surface area contributed by atoms with E-state index in [0.717, 1.165) is 23.4 Å². The zero-order chi connectivity index (χ0) is 18.9. The second-order valence-electron chi connectivity index (χ2n) is 6.33. The molecule has 2 aromatic carbocycles. The lowest BCUT2D eigenvalue weighted by Crippen LogP contribution is -2.34. The van der Waals surface area contributed by atoms with Crippen LogP contribution in [0.1, 0.15) is 31.9 Å². The lowest BCUT2D eigenvalue weighted by molar-refractivity contribution is 0.250. The van der Waals surface area contributed by atoms with Gasteiger partial charge in [0.1, 0.15) is 0 Å². The van der Waals surface area contributed by atoms with E-state index in [1.165, 1.54) is 5.56 Å². The summed E-state index contributed by atoms with van der Waals surface area (Å²) in [5.74, 6) is 0.372. The van der Waals surface area contributed by atoms with Gasteiger partial charge in [-0.15, -0.1) is 0 Å². The summed E-state index contributed by atoms with van der Waals surface area (Å²) in [4.78, 5) is 16.0. The fraction of sp³-hybridized carbons (Fsp3) is 0.300. The van der Waals surface area contributed by atoms with E-state index < -0.39 is 0 Å². The van der Waals surface area contributed by atoms with Gasteiger partial charge in [-0.3, -0.25) is 0 Å². The molecular weight excluding hydrogens is 326 g/mol. The molecule has 0 saturated carbocycles. The van der Waals surface area contributed by atoms with Gasteiger partial charge in [0, 0.05) is 17.4 Å². The first-order valence-electron chi connectivity index (χ1n) is 8.78. The monoisotopic (exact) mass is 353 g/mol. The second kappa shape index (κ2) is 9.46. The smallest absolute Gasteiger partial charge is 0.319 e. The Labute approximate surface area is 154 Å². The average molecular weight is 353 g/mol. The standard InChI is InChI=1S/C20H27N5O/c1-4-15-6-5-7-18(12-15)24-19(21)22-13-16-8-10-17(11-9-16)25-20(26)23-14(2)3/h5-12,14H,4,13H2,1-3H3,(H3,21,22,24)(H2,23,25,26). The number of carbonyl (C=O) groups is 1. The summed E-state index contributed by atoms with van der Waals surface area (Å²) >= 11 is 0. The van der Waals surface area contributed by atoms with Gasteiger partial charge in [0.15, 0.2) is 5.96 Å². The Hall–Kier alpha value is -3.02. The van der Waals surface area contributed by atoms with E-state index in [2.05, 4.69) is 40.0 Å². The molecule has 0 atom stereocenters. The third-order valence-electron chi connectivity index (χ3n) is 3.67. The molecule has 0 spiro atoms. The Morgan fingerprint density at radius 3 is 2.42 bits per heavy atom. The van der Waals surface area contributed by atoms with Crippen LogP contribution in [0.4, 0.5) is 16.2 Å². The lowest BCUT2D eigenvalue weighted by Gasteiger charge is -2.10. The van der Waals surface area contributed by atoms with Crippen LogP contribution in [0.3, 0.4) is 0 Å². The molecule has 0 fully saturated rings. The van der Waals surface area contributed by atoms with Crippen LogP contribution >= 0.6 is 0 Å². The van der Waals surface area contributed by atoms with Crippen molar-refractivity contribution < 1.29 is 4.79 Å². The first-order valence-corrected chi connectivity index (χ1v) is 8.78. The number of carbonyl (C=O) groups excluding carboxylic acids is 1. The number of guanidine groups is 1. The van der Waals surface area contributed by atoms with Crippen molar-refractivity contribution in [3.8, 4) is 0 Å². The Balaban J connectivity index is 1.89. The molecule has 2 amide bonds. The highest BCUT2D eigenvalue weighted by Gasteiger charge is 2.03. The predicted molar refractivity (Wildman–Crippen MR) is 109 cm³/mol. The quantitative estimate of drug-likeness (QED) is 0.471. The number of hydrogen-bond donors (Lipinski definition) is 4. The zero-order valence-corrected chi connectivity index (χ0v) is 15.5. The number of aryl methyl sites for hydroxylation is 1. The van der Waals surface area contributed by atoms with Crippen molar-refractivity contribution in [3.05, 3.63) is 59.7 Å². The molecule has 138 valence electrons. The van der Waals surface area contributed by atoms with E-state index in [1.54, 1.807) is 0 Å². The van der Waals surface area contributed by atoms with Crippen LogP contribution in [0.2, 0.25) is 0 Å². The summed E-state index contributed by atoms with van der Waals surface area (Å²) in [7, 11) is 0. The predicted octanol–water partition coefficient (Wildman–Crippen LogP) is 3.71. The average Bonchev–Trinajstić information content (AvgIpc) is 2.60. The number of aliphatic imine (C=N–C) groups is 1. The fourth-order valence-electron chi connectivity index (χ4n) is 2.36. The van der Waals surface area contributed by atoms with Crippen LogP contribution in [0.15, 0.2) is 53.5 Å². The Kier molecular flexibility index (Phi) is 7.02. The van der Waals surface area contributed by atoms with Crippen LogP contribution in [0.25, 0.3) is 0 Å². The van der Waals surface area contributed by atoms with Crippen molar-refractivity contribution in [1.82, 2.24) is 5.32 Å². The van der Waals surface area contributed by atoms with Gasteiger partial charge in [0.2, 0.25) is 0 Å². The maximum Gasteiger partial charge on any atom is 0.319 e. The minimum Gasteiger partial charge on any atom is -0.370 e. The number of anilines is 2. The van der Waals surface area contributed by atoms with E-state index in [1.807, 2.05) is 50.2 Å². The molecule has 0 radical (unpaired) electrons. The SMILES string of the molecule is CCc1cccc(NC(N)=NCc2ccc(NC(=O)NC(C)C)cc2)c1. The van der Waals surface area contributed by atoms with E-state index in [9.17, 15) is 4.79 Å². The minimum absolute atomic E-state index is 0.0945. The van der Waals surface area contributed by atoms with Crippen molar-refractivity contribution in [1.29, 1.82) is 0 Å². The topological polar surface area (TPSA) is 91.5 Å². The number of urea groups is 1. The van der Waals surface area contributed by atoms with E-state index in [0.29, 0.717) is 12.5 Å². The van der Waals surface area contributed by atoms with E-state index in [4.69, 9.17) is 5.73 Å². The molecule has 2 aromatic rings.